The number of anilines is 1. The number of aromatic nitrogens is 1. The summed E-state index contributed by atoms with van der Waals surface area (Å²) in [5, 5.41) is 4.12. The average molecular weight is 435 g/mol. The van der Waals surface area contributed by atoms with E-state index in [0.29, 0.717) is 27.9 Å². The van der Waals surface area contributed by atoms with Gasteiger partial charge in [0.05, 0.1) is 26.2 Å². The first-order chi connectivity index (χ1) is 14.0. The normalized spacial score (nSPS) is 15.0. The Morgan fingerprint density at radius 3 is 2.41 bits per heavy atom. The van der Waals surface area contributed by atoms with E-state index in [1.54, 1.807) is 23.7 Å². The average Bonchev–Trinajstić information content (AvgIpc) is 3.31. The summed E-state index contributed by atoms with van der Waals surface area (Å²) in [7, 11) is 4.45. The third-order valence-corrected chi connectivity index (χ3v) is 5.43. The molecule has 152 valence electrons. The van der Waals surface area contributed by atoms with Crippen LogP contribution in [0.15, 0.2) is 28.6 Å². The lowest BCUT2D eigenvalue weighted by molar-refractivity contribution is -0.127. The minimum Gasteiger partial charge on any atom is -0.493 e. The Morgan fingerprint density at radius 1 is 1.17 bits per heavy atom. The summed E-state index contributed by atoms with van der Waals surface area (Å²) < 4.78 is 15.9. The van der Waals surface area contributed by atoms with Crippen molar-refractivity contribution in [2.24, 2.45) is 0 Å². The summed E-state index contributed by atoms with van der Waals surface area (Å²) in [6, 6.07) is 3.31. The zero-order valence-electron chi connectivity index (χ0n) is 15.8. The molecule has 2 heterocycles. The maximum atomic E-state index is 12.6. The van der Waals surface area contributed by atoms with Gasteiger partial charge in [0, 0.05) is 11.6 Å². The van der Waals surface area contributed by atoms with Gasteiger partial charge in [-0.25, -0.2) is 4.98 Å². The predicted octanol–water partition coefficient (Wildman–Crippen LogP) is 2.84. The lowest BCUT2D eigenvalue weighted by atomic mass is 10.1. The molecule has 29 heavy (non-hydrogen) atoms. The third kappa shape index (κ3) is 4.51. The molecule has 0 aliphatic carbocycles. The number of hydrogen-bond acceptors (Lipinski definition) is 9. The number of methoxy groups -OCH3 is 3. The van der Waals surface area contributed by atoms with Crippen LogP contribution in [-0.2, 0) is 9.59 Å². The summed E-state index contributed by atoms with van der Waals surface area (Å²) in [5.74, 6) is 0.193. The van der Waals surface area contributed by atoms with Gasteiger partial charge in [-0.2, -0.15) is 0 Å². The van der Waals surface area contributed by atoms with Crippen molar-refractivity contribution < 1.29 is 28.6 Å². The lowest BCUT2D eigenvalue weighted by Gasteiger charge is -2.13. The molecule has 1 aliphatic rings. The van der Waals surface area contributed by atoms with Crippen molar-refractivity contribution in [2.45, 2.75) is 0 Å². The first-order valence-electron chi connectivity index (χ1n) is 8.21. The van der Waals surface area contributed by atoms with Crippen LogP contribution in [0.3, 0.4) is 0 Å². The van der Waals surface area contributed by atoms with E-state index < -0.39 is 23.6 Å². The number of nitrogens with one attached hydrogen (secondary N) is 1. The molecular formula is C18H17N3O6S2. The maximum Gasteiger partial charge on any atom is 0.294 e. The second kappa shape index (κ2) is 8.97. The topological polar surface area (TPSA) is 107 Å². The van der Waals surface area contributed by atoms with Crippen LogP contribution in [0.5, 0.6) is 17.2 Å². The maximum absolute atomic E-state index is 12.6. The van der Waals surface area contributed by atoms with Gasteiger partial charge in [-0.3, -0.25) is 19.3 Å². The number of thioether (sulfide) groups is 1. The lowest BCUT2D eigenvalue weighted by Crippen LogP contribution is -2.36. The zero-order valence-corrected chi connectivity index (χ0v) is 17.4. The van der Waals surface area contributed by atoms with Crippen LogP contribution in [0.25, 0.3) is 6.08 Å². The number of amides is 3. The summed E-state index contributed by atoms with van der Waals surface area (Å²) in [5.41, 5.74) is 0.581. The Kier molecular flexibility index (Phi) is 6.39. The molecule has 0 bridgehead atoms. The molecule has 1 aromatic heterocycles. The molecule has 0 unspecified atom stereocenters. The molecule has 1 N–H and O–H groups in total. The van der Waals surface area contributed by atoms with E-state index in [1.807, 2.05) is 0 Å². The second-order valence-corrected chi connectivity index (χ2v) is 7.50. The van der Waals surface area contributed by atoms with Crippen molar-refractivity contribution in [3.8, 4) is 17.2 Å². The highest BCUT2D eigenvalue weighted by molar-refractivity contribution is 8.18. The van der Waals surface area contributed by atoms with Gasteiger partial charge in [-0.05, 0) is 35.5 Å². The minimum absolute atomic E-state index is 0.186. The summed E-state index contributed by atoms with van der Waals surface area (Å²) >= 11 is 2.00. The molecule has 0 radical (unpaired) electrons. The molecule has 0 saturated carbocycles. The number of carbonyl (C=O) groups is 3. The molecule has 1 fully saturated rings. The second-order valence-electron chi connectivity index (χ2n) is 5.61. The van der Waals surface area contributed by atoms with Crippen molar-refractivity contribution >= 4 is 51.4 Å². The van der Waals surface area contributed by atoms with Crippen LogP contribution < -0.4 is 19.5 Å². The highest BCUT2D eigenvalue weighted by Gasteiger charge is 2.36. The number of ether oxygens (including phenoxy) is 3. The smallest absolute Gasteiger partial charge is 0.294 e. The largest absolute Gasteiger partial charge is 0.493 e. The predicted molar refractivity (Wildman–Crippen MR) is 110 cm³/mol. The van der Waals surface area contributed by atoms with Crippen molar-refractivity contribution in [3.05, 3.63) is 34.2 Å². The van der Waals surface area contributed by atoms with Crippen LogP contribution in [-0.4, -0.2) is 54.8 Å². The molecule has 2 aromatic rings. The molecule has 3 rings (SSSR count). The van der Waals surface area contributed by atoms with Crippen LogP contribution in [0, 0.1) is 0 Å². The number of nitrogens with zero attached hydrogens (tertiary/aromatic N) is 2. The van der Waals surface area contributed by atoms with Gasteiger partial charge in [0.2, 0.25) is 11.7 Å². The van der Waals surface area contributed by atoms with Crippen molar-refractivity contribution in [1.29, 1.82) is 0 Å². The van der Waals surface area contributed by atoms with E-state index in [1.165, 1.54) is 38.7 Å². The van der Waals surface area contributed by atoms with Gasteiger partial charge in [0.1, 0.15) is 6.54 Å². The van der Waals surface area contributed by atoms with Gasteiger partial charge < -0.3 is 19.5 Å². The highest BCUT2D eigenvalue weighted by Crippen LogP contribution is 2.40. The van der Waals surface area contributed by atoms with Crippen molar-refractivity contribution in [3.63, 3.8) is 0 Å². The van der Waals surface area contributed by atoms with Crippen molar-refractivity contribution in [1.82, 2.24) is 9.88 Å². The number of benzene rings is 1. The van der Waals surface area contributed by atoms with E-state index >= 15 is 0 Å². The van der Waals surface area contributed by atoms with E-state index in [9.17, 15) is 14.4 Å². The molecule has 11 heteroatoms. The Hall–Kier alpha value is -3.05. The minimum atomic E-state index is -0.553. The fraction of sp³-hybridized carbons (Fsp3) is 0.222. The summed E-state index contributed by atoms with van der Waals surface area (Å²) in [6.45, 7) is -0.392. The monoisotopic (exact) mass is 435 g/mol. The Bertz CT molecular complexity index is 949. The number of thiazole rings is 1. The number of imide groups is 1. The summed E-state index contributed by atoms with van der Waals surface area (Å²) in [4.78, 5) is 42.0. The van der Waals surface area contributed by atoms with Crippen LogP contribution >= 0.6 is 23.1 Å². The quantitative estimate of drug-likeness (QED) is 0.662. The van der Waals surface area contributed by atoms with Crippen LogP contribution in [0.4, 0.5) is 9.93 Å². The Morgan fingerprint density at radius 2 is 1.86 bits per heavy atom. The van der Waals surface area contributed by atoms with Crippen LogP contribution in [0.1, 0.15) is 5.56 Å². The SMILES string of the molecule is COc1cc(/C=C2\SC(=O)N(CC(=O)Nc3nccs3)C2=O)cc(OC)c1OC. The van der Waals surface area contributed by atoms with E-state index in [2.05, 4.69) is 10.3 Å². The van der Waals surface area contributed by atoms with E-state index in [-0.39, 0.29) is 4.91 Å². The van der Waals surface area contributed by atoms with Gasteiger partial charge in [-0.15, -0.1) is 11.3 Å². The first kappa shape index (κ1) is 20.7. The molecule has 3 amide bonds. The fourth-order valence-electron chi connectivity index (χ4n) is 2.56. The molecule has 1 aliphatic heterocycles. The number of rotatable bonds is 7. The molecule has 0 atom stereocenters. The van der Waals surface area contributed by atoms with E-state index in [0.717, 1.165) is 16.7 Å². The molecular weight excluding hydrogens is 418 g/mol. The molecule has 9 nitrogen and oxygen atoms in total. The molecule has 0 spiro atoms. The number of carbonyl (C=O) groups excluding carboxylic acids is 3. The number of hydrogen-bond donors (Lipinski definition) is 1. The third-order valence-electron chi connectivity index (χ3n) is 3.84. The van der Waals surface area contributed by atoms with Crippen LogP contribution in [0.2, 0.25) is 0 Å². The Balaban J connectivity index is 1.80. The standard InChI is InChI=1S/C18H17N3O6S2/c1-25-11-6-10(7-12(26-2)15(11)27-3)8-13-16(23)21(18(24)29-13)9-14(22)20-17-19-4-5-28-17/h4-8H,9H2,1-3H3,(H,19,20,22)/b13-8-. The summed E-state index contributed by atoms with van der Waals surface area (Å²) in [6.07, 6.45) is 3.08. The molecule has 1 saturated heterocycles. The molecule has 1 aromatic carbocycles. The van der Waals surface area contributed by atoms with Gasteiger partial charge in [0.25, 0.3) is 11.1 Å². The highest BCUT2D eigenvalue weighted by atomic mass is 32.2. The fourth-order valence-corrected chi connectivity index (χ4v) is 3.94. The van der Waals surface area contributed by atoms with Crippen molar-refractivity contribution in [2.75, 3.05) is 33.2 Å². The van der Waals surface area contributed by atoms with Gasteiger partial charge in [-0.1, -0.05) is 0 Å². The van der Waals surface area contributed by atoms with E-state index in [4.69, 9.17) is 14.2 Å². The van der Waals surface area contributed by atoms with Gasteiger partial charge in [0.15, 0.2) is 16.6 Å². The zero-order chi connectivity index (χ0) is 21.0. The Labute approximate surface area is 174 Å². The van der Waals surface area contributed by atoms with Gasteiger partial charge >= 0.3 is 0 Å². The first-order valence-corrected chi connectivity index (χ1v) is 9.91.